The maximum absolute atomic E-state index is 12.3. The Hall–Kier alpha value is -2.71. The average Bonchev–Trinajstić information content (AvgIpc) is 2.95. The third-order valence-electron chi connectivity index (χ3n) is 7.48. The van der Waals surface area contributed by atoms with Crippen LogP contribution in [0.5, 0.6) is 0 Å². The number of nitrogens with one attached hydrogen (secondary N) is 2. The predicted octanol–water partition coefficient (Wildman–Crippen LogP) is 5.73. The SMILES string of the molecule is CCCCCCCCC=CCCCCCCCC(=O)Nc1ccc(C(CNC(=O)C(O)C(C)(C)CO)C(N)=O)cc1. The maximum Gasteiger partial charge on any atom is 0.249 e. The van der Waals surface area contributed by atoms with Gasteiger partial charge in [-0.15, -0.1) is 0 Å². The molecule has 1 rings (SSSR count). The summed E-state index contributed by atoms with van der Waals surface area (Å²) in [7, 11) is 0. The number of hydrogen-bond acceptors (Lipinski definition) is 5. The Kier molecular flexibility index (Phi) is 18.7. The van der Waals surface area contributed by atoms with Gasteiger partial charge in [-0.1, -0.05) is 96.4 Å². The molecular weight excluding hydrogens is 518 g/mol. The number of unbranched alkanes of at least 4 members (excludes halogenated alkanes) is 11. The van der Waals surface area contributed by atoms with Crippen LogP contribution in [0, 0.1) is 5.41 Å². The zero-order valence-corrected chi connectivity index (χ0v) is 25.6. The minimum absolute atomic E-state index is 0.0467. The second kappa shape index (κ2) is 21.1. The van der Waals surface area contributed by atoms with Crippen molar-refractivity contribution in [3.63, 3.8) is 0 Å². The molecule has 0 saturated heterocycles. The second-order valence-electron chi connectivity index (χ2n) is 11.8. The molecule has 2 atom stereocenters. The number of carbonyl (C=O) groups is 3. The van der Waals surface area contributed by atoms with Gasteiger partial charge in [0, 0.05) is 24.1 Å². The number of rotatable bonds is 23. The smallest absolute Gasteiger partial charge is 0.249 e. The van der Waals surface area contributed by atoms with E-state index >= 15 is 0 Å². The summed E-state index contributed by atoms with van der Waals surface area (Å²) in [5.41, 5.74) is 5.74. The van der Waals surface area contributed by atoms with Crippen LogP contribution in [0.3, 0.4) is 0 Å². The molecule has 0 aliphatic heterocycles. The van der Waals surface area contributed by atoms with Crippen molar-refractivity contribution in [2.45, 2.75) is 123 Å². The number of amides is 3. The van der Waals surface area contributed by atoms with E-state index in [0.717, 1.165) is 25.7 Å². The first kappa shape index (κ1) is 36.3. The van der Waals surface area contributed by atoms with Crippen molar-refractivity contribution < 1.29 is 24.6 Å². The normalized spacial score (nSPS) is 13.2. The molecule has 41 heavy (non-hydrogen) atoms. The van der Waals surface area contributed by atoms with Crippen LogP contribution >= 0.6 is 0 Å². The molecule has 8 heteroatoms. The summed E-state index contributed by atoms with van der Waals surface area (Å²) in [6.07, 6.45) is 19.5. The summed E-state index contributed by atoms with van der Waals surface area (Å²) in [5.74, 6) is -2.16. The molecule has 3 amide bonds. The van der Waals surface area contributed by atoms with E-state index < -0.39 is 29.3 Å². The van der Waals surface area contributed by atoms with Crippen LogP contribution in [0.2, 0.25) is 0 Å². The van der Waals surface area contributed by atoms with Crippen molar-refractivity contribution in [3.05, 3.63) is 42.0 Å². The average molecular weight is 574 g/mol. The first-order chi connectivity index (χ1) is 19.6. The van der Waals surface area contributed by atoms with E-state index in [1.54, 1.807) is 38.1 Å². The molecule has 8 nitrogen and oxygen atoms in total. The highest BCUT2D eigenvalue weighted by Gasteiger charge is 2.33. The number of nitrogens with two attached hydrogens (primary N) is 1. The molecule has 0 aromatic heterocycles. The number of benzene rings is 1. The van der Waals surface area contributed by atoms with Crippen molar-refractivity contribution in [2.24, 2.45) is 11.1 Å². The van der Waals surface area contributed by atoms with Gasteiger partial charge >= 0.3 is 0 Å². The molecule has 1 aromatic rings. The van der Waals surface area contributed by atoms with Gasteiger partial charge < -0.3 is 26.6 Å². The van der Waals surface area contributed by atoms with E-state index in [4.69, 9.17) is 5.73 Å². The number of aliphatic hydroxyl groups excluding tert-OH is 2. The fourth-order valence-corrected chi connectivity index (χ4v) is 4.50. The monoisotopic (exact) mass is 573 g/mol. The Bertz CT molecular complexity index is 914. The second-order valence-corrected chi connectivity index (χ2v) is 11.8. The lowest BCUT2D eigenvalue weighted by atomic mass is 9.87. The number of aliphatic hydroxyl groups is 2. The van der Waals surface area contributed by atoms with E-state index in [9.17, 15) is 24.6 Å². The Labute approximate surface area is 247 Å². The quantitative estimate of drug-likeness (QED) is 0.0840. The highest BCUT2D eigenvalue weighted by molar-refractivity contribution is 5.91. The van der Waals surface area contributed by atoms with Gasteiger partial charge in [-0.05, 0) is 49.8 Å². The van der Waals surface area contributed by atoms with Crippen LogP contribution in [0.1, 0.15) is 122 Å². The number of primary amides is 1. The molecule has 0 aliphatic carbocycles. The van der Waals surface area contributed by atoms with Crippen molar-refractivity contribution in [3.8, 4) is 0 Å². The number of anilines is 1. The van der Waals surface area contributed by atoms with E-state index in [0.29, 0.717) is 17.7 Å². The Morgan fingerprint density at radius 1 is 0.878 bits per heavy atom. The molecule has 0 heterocycles. The summed E-state index contributed by atoms with van der Waals surface area (Å²) in [5, 5.41) is 24.9. The van der Waals surface area contributed by atoms with E-state index in [2.05, 4.69) is 29.7 Å². The summed E-state index contributed by atoms with van der Waals surface area (Å²) in [6, 6.07) is 6.78. The molecule has 0 saturated carbocycles. The lowest BCUT2D eigenvalue weighted by Crippen LogP contribution is -2.47. The van der Waals surface area contributed by atoms with Gasteiger partial charge in [-0.2, -0.15) is 0 Å². The third-order valence-corrected chi connectivity index (χ3v) is 7.48. The van der Waals surface area contributed by atoms with E-state index in [1.807, 2.05) is 0 Å². The van der Waals surface area contributed by atoms with Crippen LogP contribution in [-0.2, 0) is 14.4 Å². The van der Waals surface area contributed by atoms with Gasteiger partial charge in [0.2, 0.25) is 17.7 Å². The van der Waals surface area contributed by atoms with Crippen LogP contribution in [0.15, 0.2) is 36.4 Å². The lowest BCUT2D eigenvalue weighted by molar-refractivity contribution is -0.137. The van der Waals surface area contributed by atoms with Gasteiger partial charge in [-0.3, -0.25) is 14.4 Å². The zero-order chi connectivity index (χ0) is 30.5. The number of carbonyl (C=O) groups excluding carboxylic acids is 3. The predicted molar refractivity (Wildman–Crippen MR) is 166 cm³/mol. The molecule has 0 radical (unpaired) electrons. The van der Waals surface area contributed by atoms with Crippen molar-refractivity contribution in [1.29, 1.82) is 0 Å². The topological polar surface area (TPSA) is 142 Å². The van der Waals surface area contributed by atoms with Crippen LogP contribution in [0.25, 0.3) is 0 Å². The van der Waals surface area contributed by atoms with E-state index in [1.165, 1.54) is 57.8 Å². The minimum atomic E-state index is -1.43. The van der Waals surface area contributed by atoms with Crippen LogP contribution in [-0.4, -0.2) is 47.2 Å². The van der Waals surface area contributed by atoms with Gasteiger partial charge in [0.1, 0.15) is 6.10 Å². The first-order valence-corrected chi connectivity index (χ1v) is 15.5. The fraction of sp³-hybridized carbons (Fsp3) is 0.667. The number of hydrogen-bond donors (Lipinski definition) is 5. The largest absolute Gasteiger partial charge is 0.396 e. The van der Waals surface area contributed by atoms with Crippen LogP contribution < -0.4 is 16.4 Å². The lowest BCUT2D eigenvalue weighted by Gasteiger charge is -2.27. The molecule has 0 aliphatic rings. The summed E-state index contributed by atoms with van der Waals surface area (Å²) in [6.45, 7) is 4.92. The molecule has 2 unspecified atom stereocenters. The first-order valence-electron chi connectivity index (χ1n) is 15.5. The van der Waals surface area contributed by atoms with Crippen molar-refractivity contribution in [1.82, 2.24) is 5.32 Å². The van der Waals surface area contributed by atoms with Crippen molar-refractivity contribution in [2.75, 3.05) is 18.5 Å². The van der Waals surface area contributed by atoms with Gasteiger partial charge in [-0.25, -0.2) is 0 Å². The van der Waals surface area contributed by atoms with Crippen LogP contribution in [0.4, 0.5) is 5.69 Å². The highest BCUT2D eigenvalue weighted by atomic mass is 16.3. The molecule has 0 fully saturated rings. The minimum Gasteiger partial charge on any atom is -0.396 e. The van der Waals surface area contributed by atoms with Crippen molar-refractivity contribution >= 4 is 23.4 Å². The zero-order valence-electron chi connectivity index (χ0n) is 25.6. The molecule has 232 valence electrons. The fourth-order valence-electron chi connectivity index (χ4n) is 4.50. The molecule has 6 N–H and O–H groups in total. The maximum atomic E-state index is 12.3. The van der Waals surface area contributed by atoms with Gasteiger partial charge in [0.05, 0.1) is 12.5 Å². The molecule has 0 bridgehead atoms. The summed E-state index contributed by atoms with van der Waals surface area (Å²) in [4.78, 5) is 36.6. The van der Waals surface area contributed by atoms with Gasteiger partial charge in [0.15, 0.2) is 0 Å². The highest BCUT2D eigenvalue weighted by Crippen LogP contribution is 2.21. The molecule has 0 spiro atoms. The number of allylic oxidation sites excluding steroid dienone is 2. The Morgan fingerprint density at radius 2 is 1.41 bits per heavy atom. The van der Waals surface area contributed by atoms with Gasteiger partial charge in [0.25, 0.3) is 0 Å². The summed E-state index contributed by atoms with van der Waals surface area (Å²) >= 11 is 0. The van der Waals surface area contributed by atoms with E-state index in [-0.39, 0.29) is 19.1 Å². The Balaban J connectivity index is 2.27. The summed E-state index contributed by atoms with van der Waals surface area (Å²) < 4.78 is 0. The molecule has 1 aromatic carbocycles. The molecular formula is C33H55N3O5. The third kappa shape index (κ3) is 15.8. The standard InChI is InChI=1S/C33H55N3O5/c1-4-5-6-7-8-9-10-11-12-13-14-15-16-17-18-19-29(38)36-27-22-20-26(21-23-27)28(31(34)40)24-35-32(41)30(39)33(2,3)25-37/h11-12,20-23,28,30,37,39H,4-10,13-19,24-25H2,1-3H3,(H2,34,40)(H,35,41)(H,36,38). The Morgan fingerprint density at radius 3 is 1.95 bits per heavy atom.